The number of esters is 1. The maximum absolute atomic E-state index is 12.8. The van der Waals surface area contributed by atoms with Crippen molar-refractivity contribution in [1.82, 2.24) is 9.55 Å². The summed E-state index contributed by atoms with van der Waals surface area (Å²) in [4.78, 5) is 29.9. The van der Waals surface area contributed by atoms with Crippen LogP contribution in [0.3, 0.4) is 0 Å². The molecule has 8 heteroatoms. The van der Waals surface area contributed by atoms with Crippen LogP contribution < -0.4 is 5.32 Å². The molecule has 6 nitrogen and oxygen atoms in total. The van der Waals surface area contributed by atoms with Crippen molar-refractivity contribution >= 4 is 52.1 Å². The van der Waals surface area contributed by atoms with Gasteiger partial charge in [0.2, 0.25) is 11.9 Å². The average molecular weight is 404 g/mol. The van der Waals surface area contributed by atoms with Gasteiger partial charge >= 0.3 is 5.97 Å². The molecule has 27 heavy (non-hydrogen) atoms. The van der Waals surface area contributed by atoms with Gasteiger partial charge in [-0.3, -0.25) is 14.9 Å². The largest absolute Gasteiger partial charge is 0.465 e. The number of fused-ring (bicyclic) bond motifs is 3. The van der Waals surface area contributed by atoms with Crippen molar-refractivity contribution in [2.24, 2.45) is 5.92 Å². The third-order valence-electron chi connectivity index (χ3n) is 4.53. The van der Waals surface area contributed by atoms with Crippen molar-refractivity contribution in [2.75, 3.05) is 11.9 Å². The SMILES string of the molecule is CCOC(=O)[C@@H]1C(=O)Nc2nc3ccccc3n2[C@@H]1c1ccc(Cl)cc1Cl. The number of imidazole rings is 1. The maximum Gasteiger partial charge on any atom is 0.321 e. The van der Waals surface area contributed by atoms with Crippen molar-refractivity contribution in [3.63, 3.8) is 0 Å². The molecule has 2 heterocycles. The number of ether oxygens (including phenoxy) is 1. The van der Waals surface area contributed by atoms with Gasteiger partial charge in [-0.15, -0.1) is 0 Å². The van der Waals surface area contributed by atoms with E-state index >= 15 is 0 Å². The van der Waals surface area contributed by atoms with Crippen molar-refractivity contribution in [2.45, 2.75) is 13.0 Å². The number of nitrogens with one attached hydrogen (secondary N) is 1. The van der Waals surface area contributed by atoms with Crippen LogP contribution in [0.25, 0.3) is 11.0 Å². The predicted molar refractivity (Wildman–Crippen MR) is 103 cm³/mol. The summed E-state index contributed by atoms with van der Waals surface area (Å²) in [5, 5.41) is 3.54. The smallest absolute Gasteiger partial charge is 0.321 e. The molecule has 1 N–H and O–H groups in total. The second-order valence-corrected chi connectivity index (χ2v) is 6.97. The van der Waals surface area contributed by atoms with Gasteiger partial charge in [0.1, 0.15) is 0 Å². The zero-order valence-corrected chi connectivity index (χ0v) is 15.8. The number of carbonyl (C=O) groups is 2. The van der Waals surface area contributed by atoms with Crippen molar-refractivity contribution in [3.05, 3.63) is 58.1 Å². The molecule has 0 aliphatic carbocycles. The van der Waals surface area contributed by atoms with Crippen molar-refractivity contribution in [1.29, 1.82) is 0 Å². The van der Waals surface area contributed by atoms with Crippen LogP contribution in [0.15, 0.2) is 42.5 Å². The van der Waals surface area contributed by atoms with E-state index in [0.717, 1.165) is 5.52 Å². The number of benzene rings is 2. The summed E-state index contributed by atoms with van der Waals surface area (Å²) in [5.74, 6) is -1.84. The molecule has 4 rings (SSSR count). The number of halogens is 2. The molecule has 1 aliphatic rings. The fourth-order valence-corrected chi connectivity index (χ4v) is 3.94. The molecule has 0 saturated heterocycles. The molecule has 0 radical (unpaired) electrons. The second-order valence-electron chi connectivity index (χ2n) is 6.12. The van der Waals surface area contributed by atoms with E-state index in [9.17, 15) is 9.59 Å². The first-order valence-electron chi connectivity index (χ1n) is 8.40. The van der Waals surface area contributed by atoms with E-state index in [-0.39, 0.29) is 6.61 Å². The first-order valence-corrected chi connectivity index (χ1v) is 9.16. The molecular formula is C19H15Cl2N3O3. The third kappa shape index (κ3) is 2.95. The van der Waals surface area contributed by atoms with Crippen molar-refractivity contribution in [3.8, 4) is 0 Å². The highest BCUT2D eigenvalue weighted by Crippen LogP contribution is 2.41. The molecule has 1 aromatic heterocycles. The standard InChI is InChI=1S/C19H15Cl2N3O3/c1-2-27-18(26)15-16(11-8-7-10(20)9-12(11)21)24-14-6-4-3-5-13(14)22-19(24)23-17(15)25/h3-9,15-16H,2H2,1H3,(H,22,23,25)/t15-,16+/m0/s1. The minimum absolute atomic E-state index is 0.168. The van der Waals surface area contributed by atoms with Gasteiger partial charge in [-0.2, -0.15) is 0 Å². The number of aromatic nitrogens is 2. The lowest BCUT2D eigenvalue weighted by Crippen LogP contribution is -2.43. The highest BCUT2D eigenvalue weighted by atomic mass is 35.5. The zero-order chi connectivity index (χ0) is 19.1. The maximum atomic E-state index is 12.8. The molecule has 0 saturated carbocycles. The lowest BCUT2D eigenvalue weighted by Gasteiger charge is -2.32. The molecule has 0 unspecified atom stereocenters. The van der Waals surface area contributed by atoms with Crippen LogP contribution in [0.4, 0.5) is 5.95 Å². The van der Waals surface area contributed by atoms with E-state index in [1.807, 2.05) is 28.8 Å². The van der Waals surface area contributed by atoms with Gasteiger partial charge in [0.15, 0.2) is 5.92 Å². The number of para-hydroxylation sites is 2. The van der Waals surface area contributed by atoms with Gasteiger partial charge in [0.05, 0.1) is 23.7 Å². The topological polar surface area (TPSA) is 73.2 Å². The fraction of sp³-hybridized carbons (Fsp3) is 0.211. The fourth-order valence-electron chi connectivity index (χ4n) is 3.42. The molecule has 1 amide bonds. The predicted octanol–water partition coefficient (Wildman–Crippen LogP) is 4.06. The number of hydrogen-bond donors (Lipinski definition) is 1. The highest BCUT2D eigenvalue weighted by Gasteiger charge is 2.44. The van der Waals surface area contributed by atoms with Crippen molar-refractivity contribution < 1.29 is 14.3 Å². The minimum Gasteiger partial charge on any atom is -0.465 e. The summed E-state index contributed by atoms with van der Waals surface area (Å²) in [6.07, 6.45) is 0. The molecular weight excluding hydrogens is 389 g/mol. The Hall–Kier alpha value is -2.57. The number of anilines is 1. The lowest BCUT2D eigenvalue weighted by molar-refractivity contribution is -0.152. The van der Waals surface area contributed by atoms with E-state index in [1.54, 1.807) is 25.1 Å². The Morgan fingerprint density at radius 3 is 2.78 bits per heavy atom. The summed E-state index contributed by atoms with van der Waals surface area (Å²) in [6, 6.07) is 11.7. The summed E-state index contributed by atoms with van der Waals surface area (Å²) >= 11 is 12.5. The van der Waals surface area contributed by atoms with Crippen LogP contribution in [0, 0.1) is 5.92 Å². The summed E-state index contributed by atoms with van der Waals surface area (Å²) in [7, 11) is 0. The molecule has 0 fully saturated rings. The van der Waals surface area contributed by atoms with Crippen LogP contribution in [-0.2, 0) is 14.3 Å². The minimum atomic E-state index is -1.10. The van der Waals surface area contributed by atoms with E-state index < -0.39 is 23.8 Å². The second kappa shape index (κ2) is 6.87. The highest BCUT2D eigenvalue weighted by molar-refractivity contribution is 6.35. The summed E-state index contributed by atoms with van der Waals surface area (Å²) in [5.41, 5.74) is 2.07. The molecule has 0 spiro atoms. The molecule has 2 aromatic carbocycles. The Morgan fingerprint density at radius 2 is 2.04 bits per heavy atom. The number of rotatable bonds is 3. The Bertz CT molecular complexity index is 1060. The molecule has 2 atom stereocenters. The van der Waals surface area contributed by atoms with Crippen LogP contribution in [0.5, 0.6) is 0 Å². The summed E-state index contributed by atoms with van der Waals surface area (Å²) < 4.78 is 6.98. The first-order chi connectivity index (χ1) is 13.0. The quantitative estimate of drug-likeness (QED) is 0.528. The van der Waals surface area contributed by atoms with Crippen LogP contribution in [-0.4, -0.2) is 28.0 Å². The van der Waals surface area contributed by atoms with Gasteiger partial charge in [-0.05, 0) is 36.8 Å². The molecule has 1 aliphatic heterocycles. The average Bonchev–Trinajstić information content (AvgIpc) is 2.99. The lowest BCUT2D eigenvalue weighted by atomic mass is 9.90. The first kappa shape index (κ1) is 17.8. The molecule has 0 bridgehead atoms. The zero-order valence-electron chi connectivity index (χ0n) is 14.3. The monoisotopic (exact) mass is 403 g/mol. The van der Waals surface area contributed by atoms with E-state index in [2.05, 4.69) is 10.3 Å². The number of nitrogens with zero attached hydrogens (tertiary/aromatic N) is 2. The normalized spacial score (nSPS) is 18.9. The van der Waals surface area contributed by atoms with E-state index in [1.165, 1.54) is 0 Å². The molecule has 138 valence electrons. The Morgan fingerprint density at radius 1 is 1.26 bits per heavy atom. The van der Waals surface area contributed by atoms with E-state index in [4.69, 9.17) is 27.9 Å². The van der Waals surface area contributed by atoms with Crippen LogP contribution in [0.2, 0.25) is 10.0 Å². The van der Waals surface area contributed by atoms with Gasteiger partial charge < -0.3 is 9.30 Å². The van der Waals surface area contributed by atoms with E-state index in [0.29, 0.717) is 27.1 Å². The summed E-state index contributed by atoms with van der Waals surface area (Å²) in [6.45, 7) is 1.86. The van der Waals surface area contributed by atoms with Crippen LogP contribution in [0.1, 0.15) is 18.5 Å². The van der Waals surface area contributed by atoms with Gasteiger partial charge in [-0.1, -0.05) is 41.4 Å². The Labute approximate surface area is 165 Å². The van der Waals surface area contributed by atoms with Gasteiger partial charge in [-0.25, -0.2) is 4.98 Å². The van der Waals surface area contributed by atoms with Crippen LogP contribution >= 0.6 is 23.2 Å². The number of amides is 1. The van der Waals surface area contributed by atoms with Gasteiger partial charge in [0.25, 0.3) is 0 Å². The Balaban J connectivity index is 1.99. The Kier molecular flexibility index (Phi) is 4.53. The number of carbonyl (C=O) groups excluding carboxylic acids is 2. The number of hydrogen-bond acceptors (Lipinski definition) is 4. The van der Waals surface area contributed by atoms with Gasteiger partial charge in [0, 0.05) is 10.0 Å². The third-order valence-corrected chi connectivity index (χ3v) is 5.09. The molecule has 3 aromatic rings.